The molecule has 22 heavy (non-hydrogen) atoms. The van der Waals surface area contributed by atoms with Crippen LogP contribution in [0.5, 0.6) is 0 Å². The number of piperazine rings is 1. The van der Waals surface area contributed by atoms with E-state index in [0.29, 0.717) is 37.3 Å². The molecule has 7 heteroatoms. The van der Waals surface area contributed by atoms with Crippen LogP contribution in [0.25, 0.3) is 0 Å². The maximum Gasteiger partial charge on any atom is 0.240 e. The van der Waals surface area contributed by atoms with E-state index in [9.17, 15) is 5.11 Å². The highest BCUT2D eigenvalue weighted by Crippen LogP contribution is 2.15. The molecule has 1 aromatic heterocycles. The molecular formula is C15H28N4O3. The zero-order valence-electron chi connectivity index (χ0n) is 13.9. The third-order valence-electron chi connectivity index (χ3n) is 4.06. The Balaban J connectivity index is 1.85. The third-order valence-corrected chi connectivity index (χ3v) is 4.06. The molecule has 1 aliphatic rings. The summed E-state index contributed by atoms with van der Waals surface area (Å²) in [7, 11) is 1.67. The topological polar surface area (TPSA) is 74.9 Å². The quantitative estimate of drug-likeness (QED) is 0.750. The van der Waals surface area contributed by atoms with Crippen molar-refractivity contribution in [1.29, 1.82) is 0 Å². The van der Waals surface area contributed by atoms with E-state index in [0.717, 1.165) is 32.6 Å². The summed E-state index contributed by atoms with van der Waals surface area (Å²) in [6, 6.07) is 0.472. The summed E-state index contributed by atoms with van der Waals surface area (Å²) in [6.07, 6.45) is 1.48. The van der Waals surface area contributed by atoms with E-state index in [1.165, 1.54) is 0 Å². The predicted octanol–water partition coefficient (Wildman–Crippen LogP) is 0.536. The minimum Gasteiger partial charge on any atom is -0.392 e. The molecule has 0 radical (unpaired) electrons. The van der Waals surface area contributed by atoms with Crippen molar-refractivity contribution in [2.75, 3.05) is 39.9 Å². The van der Waals surface area contributed by atoms with Crippen molar-refractivity contribution in [1.82, 2.24) is 19.9 Å². The normalized spacial score (nSPS) is 22.1. The maximum atomic E-state index is 9.59. The van der Waals surface area contributed by atoms with Crippen LogP contribution in [0, 0.1) is 0 Å². The van der Waals surface area contributed by atoms with Gasteiger partial charge in [0.15, 0.2) is 5.82 Å². The van der Waals surface area contributed by atoms with Gasteiger partial charge in [0, 0.05) is 45.8 Å². The SMILES string of the molecule is CC[C@H]1CN(Cc2nc(CCOC)no2)CCN1C[C@@H](C)O. The number of ether oxygens (including phenoxy) is 1. The van der Waals surface area contributed by atoms with E-state index in [1.54, 1.807) is 7.11 Å². The van der Waals surface area contributed by atoms with E-state index >= 15 is 0 Å². The summed E-state index contributed by atoms with van der Waals surface area (Å²) in [5.74, 6) is 1.38. The van der Waals surface area contributed by atoms with E-state index in [4.69, 9.17) is 9.26 Å². The van der Waals surface area contributed by atoms with Crippen LogP contribution in [0.4, 0.5) is 0 Å². The lowest BCUT2D eigenvalue weighted by atomic mass is 10.1. The number of hydrogen-bond donors (Lipinski definition) is 1. The first-order valence-corrected chi connectivity index (χ1v) is 8.07. The van der Waals surface area contributed by atoms with Gasteiger partial charge in [0.1, 0.15) is 0 Å². The first kappa shape index (κ1) is 17.3. The summed E-state index contributed by atoms with van der Waals surface area (Å²) in [5.41, 5.74) is 0. The smallest absolute Gasteiger partial charge is 0.240 e. The zero-order valence-corrected chi connectivity index (χ0v) is 13.9. The molecule has 0 aliphatic carbocycles. The van der Waals surface area contributed by atoms with E-state index in [-0.39, 0.29) is 6.10 Å². The molecule has 1 aromatic rings. The Bertz CT molecular complexity index is 438. The van der Waals surface area contributed by atoms with Crippen LogP contribution in [0.3, 0.4) is 0 Å². The van der Waals surface area contributed by atoms with Gasteiger partial charge in [0.2, 0.25) is 5.89 Å². The Hall–Kier alpha value is -1.02. The van der Waals surface area contributed by atoms with Crippen molar-refractivity contribution in [3.05, 3.63) is 11.7 Å². The van der Waals surface area contributed by atoms with E-state index in [2.05, 4.69) is 26.9 Å². The number of aliphatic hydroxyl groups excluding tert-OH is 1. The van der Waals surface area contributed by atoms with Gasteiger partial charge in [0.05, 0.1) is 19.3 Å². The third kappa shape index (κ3) is 5.01. The van der Waals surface area contributed by atoms with Gasteiger partial charge in [-0.05, 0) is 13.3 Å². The standard InChI is InChI=1S/C15H28N4O3/c1-4-13-10-18(6-7-19(13)9-12(2)20)11-15-16-14(17-22-15)5-8-21-3/h12-13,20H,4-11H2,1-3H3/t12-,13+/m1/s1. The van der Waals surface area contributed by atoms with Crippen molar-refractivity contribution in [2.24, 2.45) is 0 Å². The monoisotopic (exact) mass is 312 g/mol. The number of methoxy groups -OCH3 is 1. The van der Waals surface area contributed by atoms with E-state index in [1.807, 2.05) is 6.92 Å². The molecular weight excluding hydrogens is 284 g/mol. The first-order valence-electron chi connectivity index (χ1n) is 8.07. The molecule has 1 saturated heterocycles. The highest BCUT2D eigenvalue weighted by molar-refractivity contribution is 4.89. The number of aromatic nitrogens is 2. The Morgan fingerprint density at radius 3 is 2.95 bits per heavy atom. The van der Waals surface area contributed by atoms with Crippen LogP contribution in [0.2, 0.25) is 0 Å². The van der Waals surface area contributed by atoms with Crippen LogP contribution < -0.4 is 0 Å². The molecule has 0 aromatic carbocycles. The number of hydrogen-bond acceptors (Lipinski definition) is 7. The molecule has 1 N–H and O–H groups in total. The zero-order chi connectivity index (χ0) is 15.9. The van der Waals surface area contributed by atoms with Gasteiger partial charge in [0.25, 0.3) is 0 Å². The molecule has 0 bridgehead atoms. The van der Waals surface area contributed by atoms with Gasteiger partial charge in [-0.15, -0.1) is 0 Å². The fourth-order valence-corrected chi connectivity index (χ4v) is 2.91. The van der Waals surface area contributed by atoms with Crippen LogP contribution in [-0.4, -0.2) is 77.1 Å². The second-order valence-electron chi connectivity index (χ2n) is 5.99. The molecule has 7 nitrogen and oxygen atoms in total. The van der Waals surface area contributed by atoms with Crippen molar-refractivity contribution in [3.63, 3.8) is 0 Å². The molecule has 126 valence electrons. The second kappa shape index (κ2) is 8.57. The summed E-state index contributed by atoms with van der Waals surface area (Å²) >= 11 is 0. The second-order valence-corrected chi connectivity index (χ2v) is 5.99. The molecule has 0 spiro atoms. The average Bonchev–Trinajstić information content (AvgIpc) is 2.93. The van der Waals surface area contributed by atoms with Crippen LogP contribution >= 0.6 is 0 Å². The van der Waals surface area contributed by atoms with Crippen molar-refractivity contribution < 1.29 is 14.4 Å². The summed E-state index contributed by atoms with van der Waals surface area (Å²) < 4.78 is 10.3. The summed E-state index contributed by atoms with van der Waals surface area (Å²) in [4.78, 5) is 9.13. The molecule has 0 amide bonds. The Labute approximate surface area is 132 Å². The molecule has 2 heterocycles. The first-order chi connectivity index (χ1) is 10.6. The molecule has 0 saturated carbocycles. The number of β-amino-alcohol motifs (C(OH)–C–C–N with tert-alkyl or cyclic N) is 1. The predicted molar refractivity (Wildman–Crippen MR) is 82.5 cm³/mol. The fraction of sp³-hybridized carbons (Fsp3) is 0.867. The maximum absolute atomic E-state index is 9.59. The fourth-order valence-electron chi connectivity index (χ4n) is 2.91. The summed E-state index contributed by atoms with van der Waals surface area (Å²) in [5, 5.41) is 13.6. The minimum atomic E-state index is -0.278. The highest BCUT2D eigenvalue weighted by atomic mass is 16.5. The molecule has 2 rings (SSSR count). The summed E-state index contributed by atoms with van der Waals surface area (Å²) in [6.45, 7) is 8.98. The lowest BCUT2D eigenvalue weighted by Gasteiger charge is -2.41. The van der Waals surface area contributed by atoms with Crippen molar-refractivity contribution in [3.8, 4) is 0 Å². The highest BCUT2D eigenvalue weighted by Gasteiger charge is 2.27. The van der Waals surface area contributed by atoms with Gasteiger partial charge >= 0.3 is 0 Å². The number of nitrogens with zero attached hydrogens (tertiary/aromatic N) is 4. The lowest BCUT2D eigenvalue weighted by Crippen LogP contribution is -2.54. The van der Waals surface area contributed by atoms with Gasteiger partial charge < -0.3 is 14.4 Å². The van der Waals surface area contributed by atoms with Gasteiger partial charge in [-0.1, -0.05) is 12.1 Å². The van der Waals surface area contributed by atoms with Crippen molar-refractivity contribution >= 4 is 0 Å². The number of rotatable bonds is 8. The lowest BCUT2D eigenvalue weighted by molar-refractivity contribution is 0.0302. The van der Waals surface area contributed by atoms with Crippen molar-refractivity contribution in [2.45, 2.75) is 45.4 Å². The Kier molecular flexibility index (Phi) is 6.75. The van der Waals surface area contributed by atoms with Crippen LogP contribution in [0.15, 0.2) is 4.52 Å². The Morgan fingerprint density at radius 2 is 2.27 bits per heavy atom. The van der Waals surface area contributed by atoms with Crippen LogP contribution in [0.1, 0.15) is 32.0 Å². The minimum absolute atomic E-state index is 0.278. The Morgan fingerprint density at radius 1 is 1.45 bits per heavy atom. The average molecular weight is 312 g/mol. The molecule has 0 unspecified atom stereocenters. The largest absolute Gasteiger partial charge is 0.392 e. The van der Waals surface area contributed by atoms with Gasteiger partial charge in [-0.2, -0.15) is 4.98 Å². The van der Waals surface area contributed by atoms with Crippen LogP contribution in [-0.2, 0) is 17.7 Å². The van der Waals surface area contributed by atoms with E-state index < -0.39 is 0 Å². The van der Waals surface area contributed by atoms with Gasteiger partial charge in [-0.25, -0.2) is 0 Å². The molecule has 2 atom stereocenters. The number of aliphatic hydroxyl groups is 1. The molecule has 1 fully saturated rings. The molecule has 1 aliphatic heterocycles. The van der Waals surface area contributed by atoms with Gasteiger partial charge in [-0.3, -0.25) is 9.80 Å².